The molecule has 88 valence electrons. The van der Waals surface area contributed by atoms with Crippen LogP contribution in [0.25, 0.3) is 0 Å². The Bertz CT molecular complexity index is 462. The molecule has 1 amide bonds. The van der Waals surface area contributed by atoms with Gasteiger partial charge in [-0.3, -0.25) is 4.79 Å². The quantitative estimate of drug-likeness (QED) is 0.798. The van der Waals surface area contributed by atoms with Gasteiger partial charge in [0.25, 0.3) is 0 Å². The lowest BCUT2D eigenvalue weighted by Gasteiger charge is -2.16. The van der Waals surface area contributed by atoms with Crippen molar-refractivity contribution < 1.29 is 4.79 Å². The molecule has 17 heavy (non-hydrogen) atoms. The summed E-state index contributed by atoms with van der Waals surface area (Å²) in [6.07, 6.45) is 5.71. The van der Waals surface area contributed by atoms with Crippen LogP contribution in [0.2, 0.25) is 0 Å². The molecule has 0 radical (unpaired) electrons. The molecule has 1 aromatic rings. The third-order valence-corrected chi connectivity index (χ3v) is 3.11. The summed E-state index contributed by atoms with van der Waals surface area (Å²) in [5.41, 5.74) is 2.37. The maximum absolute atomic E-state index is 11.9. The maximum atomic E-state index is 11.9. The average Bonchev–Trinajstić information content (AvgIpc) is 2.73. The van der Waals surface area contributed by atoms with Crippen molar-refractivity contribution in [2.75, 3.05) is 25.5 Å². The minimum Gasteiger partial charge on any atom is -0.384 e. The summed E-state index contributed by atoms with van der Waals surface area (Å²) in [6.45, 7) is 1.20. The number of para-hydroxylation sites is 1. The standard InChI is InChI=1S/C14H16N2O/c1-3-8-16(2)14(17)9-11-10-15-13-7-5-4-6-12(11)13/h1,4-7,11,15H,8-10H2,2H3. The Hall–Kier alpha value is -1.95. The Morgan fingerprint density at radius 3 is 3.12 bits per heavy atom. The van der Waals surface area contributed by atoms with Crippen LogP contribution in [-0.2, 0) is 4.79 Å². The van der Waals surface area contributed by atoms with Crippen LogP contribution in [0.4, 0.5) is 5.69 Å². The summed E-state index contributed by atoms with van der Waals surface area (Å²) in [7, 11) is 1.75. The number of benzene rings is 1. The van der Waals surface area contributed by atoms with Gasteiger partial charge in [0, 0.05) is 31.6 Å². The van der Waals surface area contributed by atoms with Crippen LogP contribution in [0, 0.1) is 12.3 Å². The van der Waals surface area contributed by atoms with Crippen molar-refractivity contribution in [3.8, 4) is 12.3 Å². The van der Waals surface area contributed by atoms with Crippen LogP contribution in [-0.4, -0.2) is 30.9 Å². The van der Waals surface area contributed by atoms with Crippen LogP contribution in [0.3, 0.4) is 0 Å². The molecule has 2 rings (SSSR count). The topological polar surface area (TPSA) is 32.3 Å². The molecule has 1 atom stereocenters. The largest absolute Gasteiger partial charge is 0.384 e. The molecule has 0 saturated heterocycles. The van der Waals surface area contributed by atoms with Gasteiger partial charge in [0.1, 0.15) is 0 Å². The summed E-state index contributed by atoms with van der Waals surface area (Å²) in [4.78, 5) is 13.5. The normalized spacial score (nSPS) is 16.8. The van der Waals surface area contributed by atoms with E-state index in [9.17, 15) is 4.79 Å². The lowest BCUT2D eigenvalue weighted by atomic mass is 9.97. The molecule has 3 heteroatoms. The molecule has 3 nitrogen and oxygen atoms in total. The number of amides is 1. The van der Waals surface area contributed by atoms with Gasteiger partial charge in [-0.2, -0.15) is 0 Å². The van der Waals surface area contributed by atoms with E-state index in [0.29, 0.717) is 13.0 Å². The number of hydrogen-bond acceptors (Lipinski definition) is 2. The summed E-state index contributed by atoms with van der Waals surface area (Å²) < 4.78 is 0. The van der Waals surface area contributed by atoms with Crippen molar-refractivity contribution in [3.63, 3.8) is 0 Å². The monoisotopic (exact) mass is 228 g/mol. The first-order chi connectivity index (χ1) is 8.22. The van der Waals surface area contributed by atoms with Crippen molar-refractivity contribution in [3.05, 3.63) is 29.8 Å². The molecular formula is C14H16N2O. The van der Waals surface area contributed by atoms with E-state index in [-0.39, 0.29) is 11.8 Å². The first-order valence-corrected chi connectivity index (χ1v) is 5.72. The fraction of sp³-hybridized carbons (Fsp3) is 0.357. The number of anilines is 1. The lowest BCUT2D eigenvalue weighted by Crippen LogP contribution is -2.28. The Morgan fingerprint density at radius 2 is 2.35 bits per heavy atom. The number of rotatable bonds is 3. The van der Waals surface area contributed by atoms with E-state index in [2.05, 4.69) is 17.3 Å². The first kappa shape index (κ1) is 11.5. The van der Waals surface area contributed by atoms with E-state index in [1.807, 2.05) is 18.2 Å². The van der Waals surface area contributed by atoms with Gasteiger partial charge in [0.15, 0.2) is 0 Å². The summed E-state index contributed by atoms with van der Waals surface area (Å²) in [5.74, 6) is 2.85. The van der Waals surface area contributed by atoms with Gasteiger partial charge >= 0.3 is 0 Å². The molecule has 0 spiro atoms. The zero-order valence-electron chi connectivity index (χ0n) is 9.94. The minimum atomic E-state index is 0.103. The second-order valence-electron chi connectivity index (χ2n) is 4.32. The molecule has 1 N–H and O–H groups in total. The predicted molar refractivity (Wildman–Crippen MR) is 68.8 cm³/mol. The molecule has 1 aliphatic rings. The van der Waals surface area contributed by atoms with Gasteiger partial charge in [0.05, 0.1) is 6.54 Å². The number of terminal acetylenes is 1. The molecule has 1 heterocycles. The van der Waals surface area contributed by atoms with Crippen molar-refractivity contribution in [2.45, 2.75) is 12.3 Å². The van der Waals surface area contributed by atoms with Gasteiger partial charge in [-0.1, -0.05) is 24.1 Å². The van der Waals surface area contributed by atoms with E-state index in [1.165, 1.54) is 5.56 Å². The number of fused-ring (bicyclic) bond motifs is 1. The van der Waals surface area contributed by atoms with Gasteiger partial charge in [-0.25, -0.2) is 0 Å². The SMILES string of the molecule is C#CCN(C)C(=O)CC1CNc2ccccc21. The van der Waals surface area contributed by atoms with Crippen LogP contribution in [0.15, 0.2) is 24.3 Å². The predicted octanol–water partition coefficient (Wildman–Crippen LogP) is 1.68. The van der Waals surface area contributed by atoms with Crippen molar-refractivity contribution in [2.24, 2.45) is 0 Å². The van der Waals surface area contributed by atoms with E-state index in [1.54, 1.807) is 11.9 Å². The second-order valence-corrected chi connectivity index (χ2v) is 4.32. The smallest absolute Gasteiger partial charge is 0.223 e. The highest BCUT2D eigenvalue weighted by Crippen LogP contribution is 2.33. The second kappa shape index (κ2) is 4.92. The number of hydrogen-bond donors (Lipinski definition) is 1. The first-order valence-electron chi connectivity index (χ1n) is 5.72. The van der Waals surface area contributed by atoms with Crippen molar-refractivity contribution in [1.29, 1.82) is 0 Å². The molecule has 0 aliphatic carbocycles. The molecule has 0 saturated carbocycles. The van der Waals surface area contributed by atoms with Crippen LogP contribution >= 0.6 is 0 Å². The number of carbonyl (C=O) groups is 1. The van der Waals surface area contributed by atoms with Crippen molar-refractivity contribution >= 4 is 11.6 Å². The lowest BCUT2D eigenvalue weighted by molar-refractivity contribution is -0.129. The van der Waals surface area contributed by atoms with Gasteiger partial charge in [-0.15, -0.1) is 6.42 Å². The third-order valence-electron chi connectivity index (χ3n) is 3.11. The Kier molecular flexibility index (Phi) is 3.34. The van der Waals surface area contributed by atoms with E-state index in [4.69, 9.17) is 6.42 Å². The Morgan fingerprint density at radius 1 is 1.59 bits per heavy atom. The highest BCUT2D eigenvalue weighted by Gasteiger charge is 2.24. The summed E-state index contributed by atoms with van der Waals surface area (Å²) in [5, 5.41) is 3.32. The average molecular weight is 228 g/mol. The van der Waals surface area contributed by atoms with Gasteiger partial charge < -0.3 is 10.2 Å². The molecule has 1 aromatic carbocycles. The fourth-order valence-corrected chi connectivity index (χ4v) is 2.13. The Balaban J connectivity index is 2.03. The van der Waals surface area contributed by atoms with Crippen LogP contribution < -0.4 is 5.32 Å². The molecule has 1 aliphatic heterocycles. The number of nitrogens with zero attached hydrogens (tertiary/aromatic N) is 1. The van der Waals surface area contributed by atoms with Gasteiger partial charge in [0.2, 0.25) is 5.91 Å². The maximum Gasteiger partial charge on any atom is 0.223 e. The zero-order valence-corrected chi connectivity index (χ0v) is 9.94. The summed E-state index contributed by atoms with van der Waals surface area (Å²) in [6, 6.07) is 8.13. The highest BCUT2D eigenvalue weighted by molar-refractivity contribution is 5.78. The molecule has 0 aromatic heterocycles. The number of nitrogens with one attached hydrogen (secondary N) is 1. The zero-order chi connectivity index (χ0) is 12.3. The fourth-order valence-electron chi connectivity index (χ4n) is 2.13. The van der Waals surface area contributed by atoms with Crippen LogP contribution in [0.1, 0.15) is 17.9 Å². The van der Waals surface area contributed by atoms with Gasteiger partial charge in [-0.05, 0) is 11.6 Å². The molecule has 0 fully saturated rings. The number of carbonyl (C=O) groups excluding carboxylic acids is 1. The van der Waals surface area contributed by atoms with E-state index < -0.39 is 0 Å². The summed E-state index contributed by atoms with van der Waals surface area (Å²) >= 11 is 0. The molecule has 0 bridgehead atoms. The van der Waals surface area contributed by atoms with Crippen LogP contribution in [0.5, 0.6) is 0 Å². The Labute approximate surface area is 102 Å². The van der Waals surface area contributed by atoms with Crippen molar-refractivity contribution in [1.82, 2.24) is 4.90 Å². The van der Waals surface area contributed by atoms with E-state index >= 15 is 0 Å². The molecular weight excluding hydrogens is 212 g/mol. The third kappa shape index (κ3) is 2.42. The molecule has 1 unspecified atom stereocenters. The highest BCUT2D eigenvalue weighted by atomic mass is 16.2. The van der Waals surface area contributed by atoms with E-state index in [0.717, 1.165) is 12.2 Å². The minimum absolute atomic E-state index is 0.103.